The van der Waals surface area contributed by atoms with Crippen LogP contribution in [0.25, 0.3) is 0 Å². The molecule has 1 fully saturated rings. The molecule has 6 nitrogen and oxygen atoms in total. The molecule has 31 heavy (non-hydrogen) atoms. The van der Waals surface area contributed by atoms with E-state index >= 15 is 0 Å². The van der Waals surface area contributed by atoms with Crippen molar-refractivity contribution in [1.29, 1.82) is 0 Å². The molecule has 0 saturated carbocycles. The lowest BCUT2D eigenvalue weighted by Gasteiger charge is -2.18. The van der Waals surface area contributed by atoms with Crippen molar-refractivity contribution in [3.63, 3.8) is 0 Å². The monoisotopic (exact) mass is 444 g/mol. The molecule has 1 amide bonds. The minimum Gasteiger partial charge on any atom is -0.496 e. The Morgan fingerprint density at radius 3 is 2.48 bits per heavy atom. The zero-order valence-electron chi connectivity index (χ0n) is 18.8. The standard InChI is InChI=1S/C24H32N2O4S/c1-17-7-10-22(18(2)15-17)19(3)25-24(27)12-8-20-16-21(9-11-23(20)30-4)31(28,29)26-13-5-6-14-26/h7,9-11,15-16,19H,5-6,8,12-14H2,1-4H3,(H,25,27)/t19-/m1/s1. The largest absolute Gasteiger partial charge is 0.496 e. The van der Waals surface area contributed by atoms with Gasteiger partial charge in [0.2, 0.25) is 15.9 Å². The van der Waals surface area contributed by atoms with E-state index in [1.54, 1.807) is 25.3 Å². The second kappa shape index (κ2) is 9.83. The number of nitrogens with zero attached hydrogens (tertiary/aromatic N) is 1. The Morgan fingerprint density at radius 1 is 1.13 bits per heavy atom. The molecule has 1 N–H and O–H groups in total. The molecule has 1 aliphatic heterocycles. The van der Waals surface area contributed by atoms with E-state index in [9.17, 15) is 13.2 Å². The van der Waals surface area contributed by atoms with E-state index in [0.29, 0.717) is 25.3 Å². The number of carbonyl (C=O) groups is 1. The summed E-state index contributed by atoms with van der Waals surface area (Å²) in [6.45, 7) is 7.18. The highest BCUT2D eigenvalue weighted by atomic mass is 32.2. The minimum atomic E-state index is -3.51. The van der Waals surface area contributed by atoms with Gasteiger partial charge in [0.25, 0.3) is 0 Å². The smallest absolute Gasteiger partial charge is 0.243 e. The molecular formula is C24H32N2O4S. The van der Waals surface area contributed by atoms with Crippen LogP contribution in [0.3, 0.4) is 0 Å². The molecule has 0 unspecified atom stereocenters. The number of aryl methyl sites for hydroxylation is 3. The third-order valence-corrected chi connectivity index (χ3v) is 7.74. The lowest BCUT2D eigenvalue weighted by molar-refractivity contribution is -0.121. The van der Waals surface area contributed by atoms with Gasteiger partial charge < -0.3 is 10.1 Å². The van der Waals surface area contributed by atoms with Gasteiger partial charge in [-0.25, -0.2) is 8.42 Å². The summed E-state index contributed by atoms with van der Waals surface area (Å²) >= 11 is 0. The highest BCUT2D eigenvalue weighted by Crippen LogP contribution is 2.27. The molecule has 0 aliphatic carbocycles. The summed E-state index contributed by atoms with van der Waals surface area (Å²) in [6.07, 6.45) is 2.43. The van der Waals surface area contributed by atoms with Crippen molar-refractivity contribution in [3.05, 3.63) is 58.7 Å². The van der Waals surface area contributed by atoms with Crippen LogP contribution in [0.4, 0.5) is 0 Å². The van der Waals surface area contributed by atoms with Crippen LogP contribution in [-0.4, -0.2) is 38.8 Å². The Kier molecular flexibility index (Phi) is 7.38. The van der Waals surface area contributed by atoms with Gasteiger partial charge in [0.05, 0.1) is 18.0 Å². The van der Waals surface area contributed by atoms with Gasteiger partial charge in [0.1, 0.15) is 5.75 Å². The Hall–Kier alpha value is -2.38. The van der Waals surface area contributed by atoms with E-state index in [4.69, 9.17) is 4.74 Å². The molecule has 0 aromatic heterocycles. The highest BCUT2D eigenvalue weighted by molar-refractivity contribution is 7.89. The number of ether oxygens (including phenoxy) is 1. The Balaban J connectivity index is 1.69. The maximum absolute atomic E-state index is 12.9. The number of rotatable bonds is 8. The molecule has 168 valence electrons. The van der Waals surface area contributed by atoms with Crippen molar-refractivity contribution in [1.82, 2.24) is 9.62 Å². The van der Waals surface area contributed by atoms with Gasteiger partial charge >= 0.3 is 0 Å². The van der Waals surface area contributed by atoms with Crippen LogP contribution in [0, 0.1) is 13.8 Å². The Labute approximate surface area is 185 Å². The third-order valence-electron chi connectivity index (χ3n) is 5.85. The van der Waals surface area contributed by atoms with E-state index in [1.165, 1.54) is 9.87 Å². The molecule has 1 saturated heterocycles. The number of hydrogen-bond acceptors (Lipinski definition) is 4. The molecule has 3 rings (SSSR count). The number of sulfonamides is 1. The number of methoxy groups -OCH3 is 1. The highest BCUT2D eigenvalue weighted by Gasteiger charge is 2.27. The molecule has 0 bridgehead atoms. The fourth-order valence-electron chi connectivity index (χ4n) is 4.14. The quantitative estimate of drug-likeness (QED) is 0.670. The summed E-state index contributed by atoms with van der Waals surface area (Å²) in [7, 11) is -1.96. The lowest BCUT2D eigenvalue weighted by atomic mass is 10.00. The van der Waals surface area contributed by atoms with Crippen LogP contribution in [0.2, 0.25) is 0 Å². The summed E-state index contributed by atoms with van der Waals surface area (Å²) in [5.74, 6) is 0.512. The SMILES string of the molecule is COc1ccc(S(=O)(=O)N2CCCC2)cc1CCC(=O)N[C@H](C)c1ccc(C)cc1C. The summed E-state index contributed by atoms with van der Waals surface area (Å²) in [5, 5.41) is 3.05. The van der Waals surface area contributed by atoms with Gasteiger partial charge in [-0.2, -0.15) is 4.31 Å². The second-order valence-corrected chi connectivity index (χ2v) is 10.2. The Bertz CT molecular complexity index is 1040. The first-order valence-corrected chi connectivity index (χ1v) is 12.2. The maximum Gasteiger partial charge on any atom is 0.243 e. The number of amides is 1. The zero-order valence-corrected chi connectivity index (χ0v) is 19.6. The maximum atomic E-state index is 12.9. The van der Waals surface area contributed by atoms with Gasteiger partial charge in [-0.05, 0) is 74.9 Å². The predicted molar refractivity (Wildman–Crippen MR) is 122 cm³/mol. The van der Waals surface area contributed by atoms with Crippen molar-refractivity contribution in [2.75, 3.05) is 20.2 Å². The zero-order chi connectivity index (χ0) is 22.6. The first kappa shape index (κ1) is 23.3. The first-order chi connectivity index (χ1) is 14.7. The topological polar surface area (TPSA) is 75.7 Å². The molecule has 1 aliphatic rings. The summed E-state index contributed by atoms with van der Waals surface area (Å²) < 4.78 is 32.7. The van der Waals surface area contributed by atoms with Gasteiger partial charge in [-0.1, -0.05) is 23.8 Å². The average molecular weight is 445 g/mol. The van der Waals surface area contributed by atoms with Gasteiger partial charge in [0.15, 0.2) is 0 Å². The summed E-state index contributed by atoms with van der Waals surface area (Å²) in [5.41, 5.74) is 4.15. The summed E-state index contributed by atoms with van der Waals surface area (Å²) in [6, 6.07) is 11.0. The van der Waals surface area contributed by atoms with Gasteiger partial charge in [0, 0.05) is 19.5 Å². The van der Waals surface area contributed by atoms with Crippen molar-refractivity contribution >= 4 is 15.9 Å². The van der Waals surface area contributed by atoms with Crippen molar-refractivity contribution in [3.8, 4) is 5.75 Å². The summed E-state index contributed by atoms with van der Waals surface area (Å²) in [4.78, 5) is 12.8. The normalized spacial score (nSPS) is 15.6. The second-order valence-electron chi connectivity index (χ2n) is 8.23. The van der Waals surface area contributed by atoms with Crippen LogP contribution in [0.5, 0.6) is 5.75 Å². The predicted octanol–water partition coefficient (Wildman–Crippen LogP) is 3.91. The molecular weight excluding hydrogens is 412 g/mol. The van der Waals surface area contributed by atoms with Crippen molar-refractivity contribution in [2.45, 2.75) is 57.4 Å². The number of carbonyl (C=O) groups excluding carboxylic acids is 1. The molecule has 1 heterocycles. The van der Waals surface area contributed by atoms with Crippen LogP contribution < -0.4 is 10.1 Å². The minimum absolute atomic E-state index is 0.0812. The fourth-order valence-corrected chi connectivity index (χ4v) is 5.71. The van der Waals surface area contributed by atoms with E-state index < -0.39 is 10.0 Å². The van der Waals surface area contributed by atoms with Crippen LogP contribution in [0.15, 0.2) is 41.3 Å². The molecule has 7 heteroatoms. The molecule has 2 aromatic carbocycles. The lowest BCUT2D eigenvalue weighted by Crippen LogP contribution is -2.28. The van der Waals surface area contributed by atoms with Crippen molar-refractivity contribution in [2.24, 2.45) is 0 Å². The van der Waals surface area contributed by atoms with E-state index in [0.717, 1.165) is 29.5 Å². The Morgan fingerprint density at radius 2 is 1.84 bits per heavy atom. The van der Waals surface area contributed by atoms with E-state index in [2.05, 4.69) is 11.4 Å². The van der Waals surface area contributed by atoms with Crippen molar-refractivity contribution < 1.29 is 17.9 Å². The third kappa shape index (κ3) is 5.46. The van der Waals surface area contributed by atoms with Gasteiger partial charge in [-0.15, -0.1) is 0 Å². The number of benzene rings is 2. The average Bonchev–Trinajstić information content (AvgIpc) is 3.27. The first-order valence-electron chi connectivity index (χ1n) is 10.8. The molecule has 1 atom stereocenters. The van der Waals surface area contributed by atoms with Gasteiger partial charge in [-0.3, -0.25) is 4.79 Å². The molecule has 0 radical (unpaired) electrons. The van der Waals surface area contributed by atoms with E-state index in [1.807, 2.05) is 32.9 Å². The number of hydrogen-bond donors (Lipinski definition) is 1. The fraction of sp³-hybridized carbons (Fsp3) is 0.458. The van der Waals surface area contributed by atoms with Crippen LogP contribution in [-0.2, 0) is 21.2 Å². The number of nitrogens with one attached hydrogen (secondary N) is 1. The molecule has 0 spiro atoms. The van der Waals surface area contributed by atoms with Crippen LogP contribution >= 0.6 is 0 Å². The van der Waals surface area contributed by atoms with E-state index in [-0.39, 0.29) is 23.3 Å². The van der Waals surface area contributed by atoms with Crippen LogP contribution in [0.1, 0.15) is 54.5 Å². The molecule has 2 aromatic rings.